The molecule has 0 aromatic heterocycles. The van der Waals surface area contributed by atoms with Crippen molar-refractivity contribution in [2.75, 3.05) is 30.9 Å². The van der Waals surface area contributed by atoms with Gasteiger partial charge in [0.15, 0.2) is 0 Å². The van der Waals surface area contributed by atoms with Gasteiger partial charge < -0.3 is 5.32 Å². The van der Waals surface area contributed by atoms with Crippen LogP contribution in [0.5, 0.6) is 0 Å². The molecule has 1 rings (SSSR count). The normalized spacial score (nSPS) is 14.2. The van der Waals surface area contributed by atoms with E-state index in [-0.39, 0.29) is 11.9 Å². The third-order valence-corrected chi connectivity index (χ3v) is 3.63. The first-order valence-electron chi connectivity index (χ1n) is 5.84. The number of amides is 1. The molecule has 0 aliphatic heterocycles. The quantitative estimate of drug-likeness (QED) is 0.846. The van der Waals surface area contributed by atoms with E-state index in [2.05, 4.69) is 5.32 Å². The number of hydrogen-bond acceptors (Lipinski definition) is 3. The number of hydrogen-bond donors (Lipinski definition) is 1. The lowest BCUT2D eigenvalue weighted by atomic mass is 10.3. The third kappa shape index (κ3) is 5.42. The van der Waals surface area contributed by atoms with Crippen LogP contribution < -0.4 is 5.32 Å². The van der Waals surface area contributed by atoms with E-state index >= 15 is 0 Å². The van der Waals surface area contributed by atoms with Crippen molar-refractivity contribution < 1.29 is 9.00 Å². The first-order chi connectivity index (χ1) is 8.49. The zero-order valence-electron chi connectivity index (χ0n) is 11.1. The molecule has 0 heterocycles. The van der Waals surface area contributed by atoms with Crippen molar-refractivity contribution in [3.05, 3.63) is 30.3 Å². The molecule has 4 nitrogen and oxygen atoms in total. The molecule has 18 heavy (non-hydrogen) atoms. The Morgan fingerprint density at radius 2 is 2.00 bits per heavy atom. The van der Waals surface area contributed by atoms with E-state index in [1.54, 1.807) is 6.26 Å². The number of benzene rings is 1. The van der Waals surface area contributed by atoms with Crippen LogP contribution in [0.15, 0.2) is 30.3 Å². The largest absolute Gasteiger partial charge is 0.325 e. The number of nitrogens with zero attached hydrogens (tertiary/aromatic N) is 1. The first-order valence-corrected chi connectivity index (χ1v) is 7.57. The summed E-state index contributed by atoms with van der Waals surface area (Å²) in [6, 6.07) is 9.48. The molecule has 1 aromatic rings. The molecule has 0 fully saturated rings. The van der Waals surface area contributed by atoms with Crippen molar-refractivity contribution >= 4 is 22.4 Å². The van der Waals surface area contributed by atoms with Crippen LogP contribution in [0, 0.1) is 0 Å². The average Bonchev–Trinajstić information content (AvgIpc) is 2.29. The minimum atomic E-state index is -0.842. The van der Waals surface area contributed by atoms with Crippen LogP contribution in [0.1, 0.15) is 6.92 Å². The van der Waals surface area contributed by atoms with E-state index in [1.807, 2.05) is 49.2 Å². The van der Waals surface area contributed by atoms with Gasteiger partial charge in [-0.15, -0.1) is 0 Å². The first kappa shape index (κ1) is 14.9. The van der Waals surface area contributed by atoms with Gasteiger partial charge in [-0.05, 0) is 26.1 Å². The van der Waals surface area contributed by atoms with E-state index in [4.69, 9.17) is 0 Å². The summed E-state index contributed by atoms with van der Waals surface area (Å²) in [5, 5.41) is 2.82. The smallest absolute Gasteiger partial charge is 0.238 e. The number of anilines is 1. The second-order valence-electron chi connectivity index (χ2n) is 4.42. The third-order valence-electron chi connectivity index (χ3n) is 2.68. The topological polar surface area (TPSA) is 49.4 Å². The Kier molecular flexibility index (Phi) is 6.01. The zero-order valence-corrected chi connectivity index (χ0v) is 11.9. The van der Waals surface area contributed by atoms with Gasteiger partial charge in [-0.1, -0.05) is 18.2 Å². The van der Waals surface area contributed by atoms with E-state index in [0.29, 0.717) is 12.3 Å². The van der Waals surface area contributed by atoms with E-state index in [0.717, 1.165) is 5.69 Å². The lowest BCUT2D eigenvalue weighted by Gasteiger charge is -2.23. The van der Waals surface area contributed by atoms with Gasteiger partial charge in [-0.25, -0.2) is 0 Å². The summed E-state index contributed by atoms with van der Waals surface area (Å²) in [6.07, 6.45) is 1.67. The Labute approximate surface area is 111 Å². The molecule has 5 heteroatoms. The van der Waals surface area contributed by atoms with Gasteiger partial charge in [0.05, 0.1) is 6.54 Å². The molecule has 2 atom stereocenters. The van der Waals surface area contributed by atoms with Crippen LogP contribution in [0.2, 0.25) is 0 Å². The molecule has 1 N–H and O–H groups in total. The Balaban J connectivity index is 2.42. The predicted molar refractivity (Wildman–Crippen MR) is 76.1 cm³/mol. The van der Waals surface area contributed by atoms with Crippen molar-refractivity contribution in [1.29, 1.82) is 0 Å². The molecular formula is C13H20N2O2S. The van der Waals surface area contributed by atoms with Crippen molar-refractivity contribution in [2.45, 2.75) is 13.0 Å². The number of nitrogens with one attached hydrogen (secondary N) is 1. The van der Waals surface area contributed by atoms with E-state index in [1.165, 1.54) is 0 Å². The van der Waals surface area contributed by atoms with Gasteiger partial charge in [-0.2, -0.15) is 0 Å². The Morgan fingerprint density at radius 3 is 2.56 bits per heavy atom. The average molecular weight is 268 g/mol. The molecule has 0 radical (unpaired) electrons. The van der Waals surface area contributed by atoms with Crippen LogP contribution in [-0.4, -0.2) is 46.7 Å². The highest BCUT2D eigenvalue weighted by Gasteiger charge is 2.14. The standard InChI is InChI=1S/C13H20N2O2S/c1-11(10-18(3)17)15(2)9-13(16)14-12-7-5-4-6-8-12/h4-8,11H,9-10H2,1-3H3,(H,14,16)/t11-,18+/m1/s1. The van der Waals surface area contributed by atoms with Crippen molar-refractivity contribution in [3.8, 4) is 0 Å². The molecule has 0 saturated heterocycles. The summed E-state index contributed by atoms with van der Waals surface area (Å²) in [5.74, 6) is 0.521. The van der Waals surface area contributed by atoms with Crippen molar-refractivity contribution in [1.82, 2.24) is 4.90 Å². The SMILES string of the molecule is C[C@H](C[S@](C)=O)N(C)CC(=O)Nc1ccccc1. The monoisotopic (exact) mass is 268 g/mol. The maximum Gasteiger partial charge on any atom is 0.238 e. The second kappa shape index (κ2) is 7.28. The number of rotatable bonds is 6. The fraction of sp³-hybridized carbons (Fsp3) is 0.462. The van der Waals surface area contributed by atoms with Gasteiger partial charge in [0.1, 0.15) is 0 Å². The van der Waals surface area contributed by atoms with Gasteiger partial charge in [-0.3, -0.25) is 13.9 Å². The van der Waals surface area contributed by atoms with Crippen LogP contribution in [-0.2, 0) is 15.6 Å². The summed E-state index contributed by atoms with van der Waals surface area (Å²) < 4.78 is 11.1. The molecule has 1 amide bonds. The van der Waals surface area contributed by atoms with Crippen LogP contribution in [0.25, 0.3) is 0 Å². The molecule has 0 unspecified atom stereocenters. The predicted octanol–water partition coefficient (Wildman–Crippen LogP) is 1.32. The summed E-state index contributed by atoms with van der Waals surface area (Å²) >= 11 is 0. The highest BCUT2D eigenvalue weighted by atomic mass is 32.2. The second-order valence-corrected chi connectivity index (χ2v) is 5.90. The van der Waals surface area contributed by atoms with Crippen LogP contribution >= 0.6 is 0 Å². The number of carbonyl (C=O) groups excluding carboxylic acids is 1. The molecule has 0 aliphatic rings. The van der Waals surface area contributed by atoms with Gasteiger partial charge in [0.25, 0.3) is 0 Å². The summed E-state index contributed by atoms with van der Waals surface area (Å²) in [7, 11) is 1.02. The molecule has 0 aliphatic carbocycles. The summed E-state index contributed by atoms with van der Waals surface area (Å²) in [6.45, 7) is 2.27. The van der Waals surface area contributed by atoms with Crippen molar-refractivity contribution in [3.63, 3.8) is 0 Å². The van der Waals surface area contributed by atoms with E-state index in [9.17, 15) is 9.00 Å². The molecule has 100 valence electrons. The Morgan fingerprint density at radius 1 is 1.39 bits per heavy atom. The minimum absolute atomic E-state index is 0.0579. The number of likely N-dealkylation sites (N-methyl/N-ethyl adjacent to an activating group) is 1. The minimum Gasteiger partial charge on any atom is -0.325 e. The molecule has 0 bridgehead atoms. The zero-order chi connectivity index (χ0) is 13.5. The molecule has 1 aromatic carbocycles. The molecular weight excluding hydrogens is 248 g/mol. The molecule has 0 spiro atoms. The van der Waals surface area contributed by atoms with Crippen molar-refractivity contribution in [2.24, 2.45) is 0 Å². The van der Waals surface area contributed by atoms with Gasteiger partial charge in [0.2, 0.25) is 5.91 Å². The lowest BCUT2D eigenvalue weighted by molar-refractivity contribution is -0.117. The Hall–Kier alpha value is -1.20. The lowest BCUT2D eigenvalue weighted by Crippen LogP contribution is -2.39. The fourth-order valence-electron chi connectivity index (χ4n) is 1.57. The number of para-hydroxylation sites is 1. The highest BCUT2D eigenvalue weighted by Crippen LogP contribution is 2.05. The maximum absolute atomic E-state index is 11.8. The van der Waals surface area contributed by atoms with E-state index < -0.39 is 10.8 Å². The summed E-state index contributed by atoms with van der Waals surface area (Å²) in [4.78, 5) is 13.7. The molecule has 0 saturated carbocycles. The van der Waals surface area contributed by atoms with Gasteiger partial charge >= 0.3 is 0 Å². The fourth-order valence-corrected chi connectivity index (χ4v) is 2.51. The van der Waals surface area contributed by atoms with Crippen LogP contribution in [0.4, 0.5) is 5.69 Å². The maximum atomic E-state index is 11.8. The highest BCUT2D eigenvalue weighted by molar-refractivity contribution is 7.84. The Bertz CT molecular complexity index is 409. The van der Waals surface area contributed by atoms with Crippen LogP contribution in [0.3, 0.4) is 0 Å². The van der Waals surface area contributed by atoms with Gasteiger partial charge in [0, 0.05) is 34.5 Å². The number of carbonyl (C=O) groups is 1. The summed E-state index contributed by atoms with van der Waals surface area (Å²) in [5.41, 5.74) is 0.794.